The quantitative estimate of drug-likeness (QED) is 0.674. The Bertz CT molecular complexity index is 234. The summed E-state index contributed by atoms with van der Waals surface area (Å²) in [6, 6.07) is 1.51. The molecule has 1 saturated heterocycles. The van der Waals surface area contributed by atoms with Gasteiger partial charge >= 0.3 is 0 Å². The van der Waals surface area contributed by atoms with Crippen LogP contribution in [0.2, 0.25) is 0 Å². The number of nitrogens with zero attached hydrogens (tertiary/aromatic N) is 1. The first-order valence-corrected chi connectivity index (χ1v) is 4.46. The van der Waals surface area contributed by atoms with E-state index in [9.17, 15) is 4.79 Å². The summed E-state index contributed by atoms with van der Waals surface area (Å²) >= 11 is 0. The van der Waals surface area contributed by atoms with Gasteiger partial charge in [-0.05, 0) is 19.3 Å². The number of amides is 1. The lowest BCUT2D eigenvalue weighted by molar-refractivity contribution is -0.131. The van der Waals surface area contributed by atoms with Crippen molar-refractivity contribution in [3.8, 4) is 6.07 Å². The summed E-state index contributed by atoms with van der Waals surface area (Å²) in [7, 11) is 0. The van der Waals surface area contributed by atoms with Gasteiger partial charge in [0, 0.05) is 6.61 Å². The van der Waals surface area contributed by atoms with E-state index >= 15 is 0 Å². The van der Waals surface area contributed by atoms with E-state index < -0.39 is 6.04 Å². The van der Waals surface area contributed by atoms with Gasteiger partial charge in [0.05, 0.1) is 6.07 Å². The Morgan fingerprint density at radius 2 is 2.46 bits per heavy atom. The molecule has 0 aromatic carbocycles. The lowest BCUT2D eigenvalue weighted by atomic mass is 10.0. The number of nitriles is 1. The third kappa shape index (κ3) is 2.43. The van der Waals surface area contributed by atoms with Crippen LogP contribution >= 0.6 is 0 Å². The fourth-order valence-corrected chi connectivity index (χ4v) is 1.36. The van der Waals surface area contributed by atoms with Crippen molar-refractivity contribution in [2.24, 2.45) is 5.92 Å². The van der Waals surface area contributed by atoms with Gasteiger partial charge in [0.15, 0.2) is 0 Å². The lowest BCUT2D eigenvalue weighted by Crippen LogP contribution is -2.41. The third-order valence-electron chi connectivity index (χ3n) is 2.20. The summed E-state index contributed by atoms with van der Waals surface area (Å²) in [5.74, 6) is 0.0879. The van der Waals surface area contributed by atoms with E-state index in [0.29, 0.717) is 6.61 Å². The monoisotopic (exact) mass is 182 g/mol. The fourth-order valence-electron chi connectivity index (χ4n) is 1.36. The molecule has 13 heavy (non-hydrogen) atoms. The molecule has 0 saturated carbocycles. The highest BCUT2D eigenvalue weighted by Gasteiger charge is 2.31. The minimum absolute atomic E-state index is 0.168. The number of carbonyl (C=O) groups excluding carboxylic acids is 1. The maximum Gasteiger partial charge on any atom is 0.250 e. The number of hydrogen-bond acceptors (Lipinski definition) is 3. The lowest BCUT2D eigenvalue weighted by Gasteiger charge is -2.15. The molecule has 1 fully saturated rings. The zero-order valence-corrected chi connectivity index (χ0v) is 7.91. The van der Waals surface area contributed by atoms with E-state index in [2.05, 4.69) is 5.32 Å². The molecule has 0 spiro atoms. The molecule has 0 radical (unpaired) electrons. The van der Waals surface area contributed by atoms with Crippen molar-refractivity contribution in [2.75, 3.05) is 6.61 Å². The second kappa shape index (κ2) is 4.24. The number of ether oxygens (including phenoxy) is 1. The molecule has 4 heteroatoms. The van der Waals surface area contributed by atoms with E-state index in [1.807, 2.05) is 13.0 Å². The topological polar surface area (TPSA) is 62.1 Å². The predicted octanol–water partition coefficient (Wildman–Crippen LogP) is 0.440. The van der Waals surface area contributed by atoms with Gasteiger partial charge in [-0.25, -0.2) is 0 Å². The smallest absolute Gasteiger partial charge is 0.250 e. The second-order valence-electron chi connectivity index (χ2n) is 3.42. The molecule has 1 heterocycles. The van der Waals surface area contributed by atoms with Crippen molar-refractivity contribution in [1.29, 1.82) is 5.26 Å². The minimum atomic E-state index is -0.441. The number of nitrogens with one attached hydrogen (secondary N) is 1. The van der Waals surface area contributed by atoms with E-state index in [1.54, 1.807) is 6.92 Å². The summed E-state index contributed by atoms with van der Waals surface area (Å²) in [5, 5.41) is 11.1. The van der Waals surface area contributed by atoms with Gasteiger partial charge in [0.1, 0.15) is 12.1 Å². The largest absolute Gasteiger partial charge is 0.368 e. The average Bonchev–Trinajstić information content (AvgIpc) is 2.51. The molecule has 2 unspecified atom stereocenters. The first-order chi connectivity index (χ1) is 6.15. The number of rotatable bonds is 2. The Morgan fingerprint density at radius 1 is 1.77 bits per heavy atom. The Kier molecular flexibility index (Phi) is 3.26. The van der Waals surface area contributed by atoms with Crippen molar-refractivity contribution in [3.63, 3.8) is 0 Å². The van der Waals surface area contributed by atoms with Crippen LogP contribution in [0.5, 0.6) is 0 Å². The normalized spacial score (nSPS) is 29.3. The SMILES string of the molecule is CC1CCOC1C(=O)N[C@H](C)C#N. The van der Waals surface area contributed by atoms with Crippen molar-refractivity contribution < 1.29 is 9.53 Å². The predicted molar refractivity (Wildman–Crippen MR) is 46.7 cm³/mol. The first-order valence-electron chi connectivity index (χ1n) is 4.46. The molecule has 72 valence electrons. The van der Waals surface area contributed by atoms with E-state index in [-0.39, 0.29) is 17.9 Å². The third-order valence-corrected chi connectivity index (χ3v) is 2.20. The maximum atomic E-state index is 11.4. The molecular weight excluding hydrogens is 168 g/mol. The van der Waals surface area contributed by atoms with Crippen LogP contribution in [-0.2, 0) is 9.53 Å². The molecule has 1 rings (SSSR count). The maximum absolute atomic E-state index is 11.4. The van der Waals surface area contributed by atoms with E-state index in [1.165, 1.54) is 0 Å². The highest BCUT2D eigenvalue weighted by Crippen LogP contribution is 2.19. The van der Waals surface area contributed by atoms with Crippen molar-refractivity contribution in [2.45, 2.75) is 32.4 Å². The highest BCUT2D eigenvalue weighted by atomic mass is 16.5. The summed E-state index contributed by atoms with van der Waals surface area (Å²) in [4.78, 5) is 11.4. The summed E-state index contributed by atoms with van der Waals surface area (Å²) < 4.78 is 5.25. The Labute approximate surface area is 77.9 Å². The summed E-state index contributed by atoms with van der Waals surface area (Å²) in [6.45, 7) is 4.27. The summed E-state index contributed by atoms with van der Waals surface area (Å²) in [6.07, 6.45) is 0.551. The van der Waals surface area contributed by atoms with Crippen LogP contribution in [0.1, 0.15) is 20.3 Å². The van der Waals surface area contributed by atoms with Gasteiger partial charge in [0.2, 0.25) is 5.91 Å². The zero-order chi connectivity index (χ0) is 9.84. The van der Waals surface area contributed by atoms with Crippen LogP contribution < -0.4 is 5.32 Å². The molecule has 1 amide bonds. The Hall–Kier alpha value is -1.08. The van der Waals surface area contributed by atoms with E-state index in [4.69, 9.17) is 10.00 Å². The van der Waals surface area contributed by atoms with Crippen LogP contribution in [0.15, 0.2) is 0 Å². The van der Waals surface area contributed by atoms with Crippen molar-refractivity contribution in [1.82, 2.24) is 5.32 Å². The van der Waals surface area contributed by atoms with Gasteiger partial charge < -0.3 is 10.1 Å². The van der Waals surface area contributed by atoms with Crippen LogP contribution in [0.3, 0.4) is 0 Å². The first kappa shape index (κ1) is 10.0. The molecular formula is C9H14N2O2. The highest BCUT2D eigenvalue weighted by molar-refractivity contribution is 5.81. The second-order valence-corrected chi connectivity index (χ2v) is 3.42. The fraction of sp³-hybridized carbons (Fsp3) is 0.778. The van der Waals surface area contributed by atoms with Gasteiger partial charge in [0.25, 0.3) is 0 Å². The van der Waals surface area contributed by atoms with Gasteiger partial charge in [-0.15, -0.1) is 0 Å². The van der Waals surface area contributed by atoms with Gasteiger partial charge in [-0.2, -0.15) is 5.26 Å². The Balaban J connectivity index is 2.44. The summed E-state index contributed by atoms with van der Waals surface area (Å²) in [5.41, 5.74) is 0. The van der Waals surface area contributed by atoms with Crippen LogP contribution in [0.4, 0.5) is 0 Å². The number of hydrogen-bond donors (Lipinski definition) is 1. The van der Waals surface area contributed by atoms with Gasteiger partial charge in [-0.3, -0.25) is 4.79 Å². The minimum Gasteiger partial charge on any atom is -0.368 e. The van der Waals surface area contributed by atoms with E-state index in [0.717, 1.165) is 6.42 Å². The van der Waals surface area contributed by atoms with Crippen LogP contribution in [-0.4, -0.2) is 24.7 Å². The van der Waals surface area contributed by atoms with Crippen molar-refractivity contribution >= 4 is 5.91 Å². The molecule has 1 N–H and O–H groups in total. The molecule has 0 aliphatic carbocycles. The number of carbonyl (C=O) groups is 1. The molecule has 1 aliphatic rings. The Morgan fingerprint density at radius 3 is 2.92 bits per heavy atom. The zero-order valence-electron chi connectivity index (χ0n) is 7.91. The molecule has 4 nitrogen and oxygen atoms in total. The van der Waals surface area contributed by atoms with Crippen LogP contribution in [0, 0.1) is 17.2 Å². The molecule has 0 aromatic heterocycles. The standard InChI is InChI=1S/C9H14N2O2/c1-6-3-4-13-8(6)9(12)11-7(2)5-10/h6-8H,3-4H2,1-2H3,(H,11,12)/t6?,7-,8?/m1/s1. The molecule has 1 aliphatic heterocycles. The molecule has 3 atom stereocenters. The van der Waals surface area contributed by atoms with Crippen molar-refractivity contribution in [3.05, 3.63) is 0 Å². The van der Waals surface area contributed by atoms with Crippen LogP contribution in [0.25, 0.3) is 0 Å². The molecule has 0 bridgehead atoms. The molecule has 0 aromatic rings. The van der Waals surface area contributed by atoms with Gasteiger partial charge in [-0.1, -0.05) is 6.92 Å². The average molecular weight is 182 g/mol.